The fourth-order valence-electron chi connectivity index (χ4n) is 5.09. The van der Waals surface area contributed by atoms with Gasteiger partial charge in [0.15, 0.2) is 11.6 Å². The molecule has 2 fully saturated rings. The van der Waals surface area contributed by atoms with E-state index in [-0.39, 0.29) is 39.7 Å². The normalized spacial score (nSPS) is 18.3. The second kappa shape index (κ2) is 10.4. The summed E-state index contributed by atoms with van der Waals surface area (Å²) >= 11 is 2.78. The van der Waals surface area contributed by atoms with E-state index in [1.807, 2.05) is 19.0 Å². The van der Waals surface area contributed by atoms with Crippen molar-refractivity contribution < 1.29 is 27.1 Å². The first kappa shape index (κ1) is 30.4. The zero-order valence-electron chi connectivity index (χ0n) is 23.5. The summed E-state index contributed by atoms with van der Waals surface area (Å²) < 4.78 is 61.8. The Morgan fingerprint density at radius 2 is 1.77 bits per heavy atom. The number of anilines is 3. The second-order valence-electron chi connectivity index (χ2n) is 12.0. The average molecular weight is 635 g/mol. The summed E-state index contributed by atoms with van der Waals surface area (Å²) in [4.78, 5) is 22.4. The van der Waals surface area contributed by atoms with Gasteiger partial charge in [-0.05, 0) is 76.6 Å². The van der Waals surface area contributed by atoms with E-state index in [2.05, 4.69) is 32.7 Å². The highest BCUT2D eigenvalue weighted by atomic mass is 79.9. The van der Waals surface area contributed by atoms with Crippen LogP contribution in [-0.4, -0.2) is 78.3 Å². The van der Waals surface area contributed by atoms with Gasteiger partial charge in [-0.25, -0.2) is 20.0 Å². The molecule has 4 N–H and O–H groups in total. The van der Waals surface area contributed by atoms with Crippen molar-refractivity contribution in [2.75, 3.05) is 55.9 Å². The number of amides is 1. The first-order chi connectivity index (χ1) is 18.3. The van der Waals surface area contributed by atoms with Gasteiger partial charge in [-0.2, -0.15) is 13.2 Å². The number of piperidine rings is 1. The van der Waals surface area contributed by atoms with E-state index in [0.29, 0.717) is 39.0 Å². The van der Waals surface area contributed by atoms with E-state index in [0.717, 1.165) is 6.07 Å². The lowest BCUT2D eigenvalue weighted by atomic mass is 9.90. The van der Waals surface area contributed by atoms with Crippen LogP contribution >= 0.6 is 15.9 Å². The fourth-order valence-corrected chi connectivity index (χ4v) is 5.62. The smallest absolute Gasteiger partial charge is 0.417 e. The molecular weight excluding hydrogens is 598 g/mol. The van der Waals surface area contributed by atoms with Gasteiger partial charge in [-0.15, -0.1) is 0 Å². The summed E-state index contributed by atoms with van der Waals surface area (Å²) in [5.41, 5.74) is 4.44. The van der Waals surface area contributed by atoms with Crippen molar-refractivity contribution in [1.29, 1.82) is 0 Å². The number of hydrazine groups is 1. The molecular formula is C26H36BrF4N7O2. The molecule has 14 heteroatoms. The molecule has 0 atom stereocenters. The predicted molar refractivity (Wildman–Crippen MR) is 151 cm³/mol. The van der Waals surface area contributed by atoms with Crippen molar-refractivity contribution in [2.24, 2.45) is 5.84 Å². The third-order valence-electron chi connectivity index (χ3n) is 7.67. The van der Waals surface area contributed by atoms with Crippen molar-refractivity contribution in [3.8, 4) is 0 Å². The maximum Gasteiger partial charge on any atom is 0.417 e. The number of likely N-dealkylation sites (N-methyl/N-ethyl adjacent to an activating group) is 1. The van der Waals surface area contributed by atoms with E-state index < -0.39 is 33.7 Å². The number of aromatic nitrogens is 1. The summed E-state index contributed by atoms with van der Waals surface area (Å²) in [6.45, 7) is 9.10. The number of carbonyl (C=O) groups is 1. The van der Waals surface area contributed by atoms with E-state index in [1.165, 1.54) is 5.01 Å². The van der Waals surface area contributed by atoms with Gasteiger partial charge in [0, 0.05) is 37.6 Å². The van der Waals surface area contributed by atoms with Crippen LogP contribution in [0.2, 0.25) is 0 Å². The zero-order chi connectivity index (χ0) is 29.9. The highest BCUT2D eigenvalue weighted by Gasteiger charge is 2.43. The molecule has 2 aliphatic rings. The number of nitrogen functional groups attached to an aromatic ring is 1. The molecule has 0 aliphatic carbocycles. The van der Waals surface area contributed by atoms with Crippen LogP contribution < -0.4 is 21.5 Å². The largest absolute Gasteiger partial charge is 0.444 e. The summed E-state index contributed by atoms with van der Waals surface area (Å²) in [6.07, 6.45) is -4.47. The lowest BCUT2D eigenvalue weighted by molar-refractivity contribution is -0.138. The molecule has 9 nitrogen and oxygen atoms in total. The minimum atomic E-state index is -4.83. The average Bonchev–Trinajstić information content (AvgIpc) is 2.82. The van der Waals surface area contributed by atoms with Crippen LogP contribution in [0.25, 0.3) is 10.9 Å². The van der Waals surface area contributed by atoms with Gasteiger partial charge in [0.1, 0.15) is 16.8 Å². The number of benzene rings is 1. The lowest BCUT2D eigenvalue weighted by Crippen LogP contribution is -2.67. The molecule has 2 aliphatic heterocycles. The molecule has 0 unspecified atom stereocenters. The van der Waals surface area contributed by atoms with Crippen LogP contribution in [0.4, 0.5) is 39.5 Å². The first-order valence-corrected chi connectivity index (χ1v) is 13.8. The number of likely N-dealkylation sites (tertiary alicyclic amines) is 1. The van der Waals surface area contributed by atoms with E-state index in [9.17, 15) is 18.0 Å². The van der Waals surface area contributed by atoms with Gasteiger partial charge in [0.25, 0.3) is 0 Å². The third kappa shape index (κ3) is 5.62. The number of hydrogen-bond donors (Lipinski definition) is 2. The molecule has 0 saturated carbocycles. The van der Waals surface area contributed by atoms with Gasteiger partial charge in [0.05, 0.1) is 21.3 Å². The Morgan fingerprint density at radius 3 is 2.27 bits per heavy atom. The highest BCUT2D eigenvalue weighted by molar-refractivity contribution is 9.10. The second-order valence-corrected chi connectivity index (χ2v) is 12.8. The van der Waals surface area contributed by atoms with Crippen LogP contribution in [0.15, 0.2) is 10.5 Å². The van der Waals surface area contributed by atoms with Crippen molar-refractivity contribution in [3.63, 3.8) is 0 Å². The van der Waals surface area contributed by atoms with E-state index >= 15 is 4.39 Å². The maximum absolute atomic E-state index is 15.5. The van der Waals surface area contributed by atoms with Crippen molar-refractivity contribution >= 4 is 50.1 Å². The molecule has 3 heterocycles. The molecule has 0 radical (unpaired) electrons. The molecule has 222 valence electrons. The number of nitrogens with zero attached hydrogens (tertiary/aromatic N) is 5. The van der Waals surface area contributed by atoms with E-state index in [1.54, 1.807) is 25.7 Å². The quantitative estimate of drug-likeness (QED) is 0.277. The van der Waals surface area contributed by atoms with Crippen molar-refractivity contribution in [3.05, 3.63) is 21.9 Å². The Bertz CT molecular complexity index is 1300. The summed E-state index contributed by atoms with van der Waals surface area (Å²) in [5.74, 6) is 5.70. The first-order valence-electron chi connectivity index (χ1n) is 13.0. The SMILES string of the molecule is CN(C)C1(C)CN(c2nc3c(F)c(Br)c(C(F)(F)F)cc3c(N(N)C3CCN(C(=O)OC(C)(C)C)CC3)c2N)C1. The number of fused-ring (bicyclic) bond motifs is 1. The number of halogens is 5. The van der Waals surface area contributed by atoms with Gasteiger partial charge < -0.3 is 30.2 Å². The van der Waals surface area contributed by atoms with E-state index in [4.69, 9.17) is 16.3 Å². The van der Waals surface area contributed by atoms with Crippen molar-refractivity contribution in [2.45, 2.75) is 63.9 Å². The fraction of sp³-hybridized carbons (Fsp3) is 0.615. The molecule has 1 aromatic carbocycles. The number of rotatable bonds is 4. The van der Waals surface area contributed by atoms with Crippen LogP contribution in [0.3, 0.4) is 0 Å². The van der Waals surface area contributed by atoms with Gasteiger partial charge in [-0.3, -0.25) is 0 Å². The predicted octanol–water partition coefficient (Wildman–Crippen LogP) is 4.96. The number of nitrogens with two attached hydrogens (primary N) is 2. The molecule has 1 amide bonds. The maximum atomic E-state index is 15.5. The van der Waals surface area contributed by atoms with Crippen LogP contribution in [-0.2, 0) is 10.9 Å². The molecule has 0 spiro atoms. The zero-order valence-corrected chi connectivity index (χ0v) is 25.1. The highest BCUT2D eigenvalue weighted by Crippen LogP contribution is 2.46. The Morgan fingerprint density at radius 1 is 1.20 bits per heavy atom. The van der Waals surface area contributed by atoms with Gasteiger partial charge in [0.2, 0.25) is 0 Å². The molecule has 4 rings (SSSR count). The Hall–Kier alpha value is -2.58. The molecule has 0 bridgehead atoms. The number of alkyl halides is 3. The van der Waals surface area contributed by atoms with Gasteiger partial charge >= 0.3 is 12.3 Å². The summed E-state index contributed by atoms with van der Waals surface area (Å²) in [6, 6.07) is 0.449. The number of pyridine rings is 1. The minimum Gasteiger partial charge on any atom is -0.444 e. The molecule has 2 aromatic rings. The molecule has 40 heavy (non-hydrogen) atoms. The Kier molecular flexibility index (Phi) is 7.87. The molecule has 2 saturated heterocycles. The van der Waals surface area contributed by atoms with Crippen molar-refractivity contribution in [1.82, 2.24) is 14.8 Å². The van der Waals surface area contributed by atoms with Crippen LogP contribution in [0.5, 0.6) is 0 Å². The monoisotopic (exact) mass is 633 g/mol. The number of hydrogen-bond acceptors (Lipinski definition) is 8. The minimum absolute atomic E-state index is 0.0697. The Labute approximate surface area is 239 Å². The number of ether oxygens (including phenoxy) is 1. The topological polar surface area (TPSA) is 104 Å². The third-order valence-corrected chi connectivity index (χ3v) is 8.44. The summed E-state index contributed by atoms with van der Waals surface area (Å²) in [7, 11) is 3.89. The lowest BCUT2D eigenvalue weighted by Gasteiger charge is -2.52. The number of carbonyl (C=O) groups excluding carboxylic acids is 1. The standard InChI is InChI=1S/C26H36BrF4N7O2/c1-24(2,3)40-23(39)36-9-7-14(8-10-36)38(33)21-15-11-16(26(29,30)31)17(27)18(28)20(15)34-22(19(21)32)37-12-25(4,13-37)35(5)6/h11,14H,7-10,12-13,32-33H2,1-6H3. The van der Waals surface area contributed by atoms with Gasteiger partial charge in [-0.1, -0.05) is 0 Å². The Balaban J connectivity index is 1.75. The summed E-state index contributed by atoms with van der Waals surface area (Å²) in [5, 5.41) is 1.18. The molecule has 1 aromatic heterocycles. The van der Waals surface area contributed by atoms with Crippen LogP contribution in [0.1, 0.15) is 46.1 Å². The van der Waals surface area contributed by atoms with Crippen LogP contribution in [0, 0.1) is 5.82 Å².